The number of hydrogen-bond donors (Lipinski definition) is 1. The lowest BCUT2D eigenvalue weighted by Crippen LogP contribution is -2.51. The molecule has 0 aliphatic carbocycles. The van der Waals surface area contributed by atoms with Crippen LogP contribution in [0, 0.1) is 10.1 Å². The van der Waals surface area contributed by atoms with Crippen LogP contribution < -0.4 is 4.90 Å². The summed E-state index contributed by atoms with van der Waals surface area (Å²) in [5, 5.41) is 20.6. The van der Waals surface area contributed by atoms with Crippen LogP contribution in [0.1, 0.15) is 31.7 Å². The Balaban J connectivity index is 1.77. The van der Waals surface area contributed by atoms with Gasteiger partial charge in [-0.15, -0.1) is 0 Å². The highest BCUT2D eigenvalue weighted by atomic mass is 16.6. The molecule has 1 amide bonds. The molecule has 1 saturated heterocycles. The van der Waals surface area contributed by atoms with Crippen LogP contribution in [0.2, 0.25) is 0 Å². The van der Waals surface area contributed by atoms with E-state index >= 15 is 0 Å². The number of aliphatic hydroxyl groups excluding tert-OH is 1. The van der Waals surface area contributed by atoms with Crippen molar-refractivity contribution in [1.29, 1.82) is 0 Å². The van der Waals surface area contributed by atoms with Gasteiger partial charge in [-0.3, -0.25) is 19.8 Å². The summed E-state index contributed by atoms with van der Waals surface area (Å²) < 4.78 is 0. The summed E-state index contributed by atoms with van der Waals surface area (Å²) in [5.41, 5.74) is 1.63. The van der Waals surface area contributed by atoms with E-state index in [9.17, 15) is 20.0 Å². The lowest BCUT2D eigenvalue weighted by atomic mass is 9.97. The van der Waals surface area contributed by atoms with E-state index in [1.54, 1.807) is 11.0 Å². The molecule has 7 nitrogen and oxygen atoms in total. The number of nitro groups is 1. The topological polar surface area (TPSA) is 86.9 Å². The number of non-ortho nitro benzene ring substituents is 1. The predicted octanol–water partition coefficient (Wildman–Crippen LogP) is 1.72. The highest BCUT2D eigenvalue weighted by molar-refractivity contribution is 5.97. The molecule has 2 heterocycles. The summed E-state index contributed by atoms with van der Waals surface area (Å²) in [6, 6.07) is 4.99. The molecule has 2 unspecified atom stereocenters. The van der Waals surface area contributed by atoms with Crippen LogP contribution in [0.4, 0.5) is 11.4 Å². The second-order valence-electron chi connectivity index (χ2n) is 6.65. The van der Waals surface area contributed by atoms with E-state index in [1.807, 2.05) is 0 Å². The second-order valence-corrected chi connectivity index (χ2v) is 6.65. The summed E-state index contributed by atoms with van der Waals surface area (Å²) in [7, 11) is 0. The smallest absolute Gasteiger partial charge is 0.271 e. The first kappa shape index (κ1) is 16.9. The van der Waals surface area contributed by atoms with Crippen molar-refractivity contribution in [3.63, 3.8) is 0 Å². The van der Waals surface area contributed by atoms with Gasteiger partial charge in [0.05, 0.1) is 23.8 Å². The SMILES string of the molecule is CC1CCCC(CO)N1CC(=O)N1CCc2ccc([N+](=O)[O-])cc21. The van der Waals surface area contributed by atoms with E-state index in [-0.39, 0.29) is 36.8 Å². The normalized spacial score (nSPS) is 24.0. The number of nitro benzene ring substituents is 1. The zero-order valence-corrected chi connectivity index (χ0v) is 13.9. The maximum Gasteiger partial charge on any atom is 0.271 e. The Morgan fingerprint density at radius 3 is 2.92 bits per heavy atom. The second kappa shape index (κ2) is 6.86. The van der Waals surface area contributed by atoms with E-state index in [4.69, 9.17) is 0 Å². The monoisotopic (exact) mass is 333 g/mol. The number of hydrogen-bond acceptors (Lipinski definition) is 5. The van der Waals surface area contributed by atoms with Crippen molar-refractivity contribution in [1.82, 2.24) is 4.90 Å². The van der Waals surface area contributed by atoms with Gasteiger partial charge in [0, 0.05) is 30.8 Å². The molecule has 0 radical (unpaired) electrons. The zero-order valence-electron chi connectivity index (χ0n) is 13.9. The summed E-state index contributed by atoms with van der Waals surface area (Å²) in [5.74, 6) is -0.0542. The number of nitrogens with zero attached hydrogens (tertiary/aromatic N) is 3. The predicted molar refractivity (Wildman–Crippen MR) is 90.0 cm³/mol. The number of carbonyl (C=O) groups excluding carboxylic acids is 1. The van der Waals surface area contributed by atoms with Crippen molar-refractivity contribution >= 4 is 17.3 Å². The molecule has 2 aliphatic rings. The molecule has 7 heteroatoms. The molecule has 0 saturated carbocycles. The maximum atomic E-state index is 12.8. The van der Waals surface area contributed by atoms with Gasteiger partial charge in [0.25, 0.3) is 5.69 Å². The Labute approximate surface area is 141 Å². The van der Waals surface area contributed by atoms with Crippen molar-refractivity contribution in [2.45, 2.75) is 44.7 Å². The highest BCUT2D eigenvalue weighted by Crippen LogP contribution is 2.32. The minimum Gasteiger partial charge on any atom is -0.395 e. The fourth-order valence-corrected chi connectivity index (χ4v) is 3.80. The first-order valence-electron chi connectivity index (χ1n) is 8.45. The van der Waals surface area contributed by atoms with Gasteiger partial charge in [-0.1, -0.05) is 12.5 Å². The van der Waals surface area contributed by atoms with Crippen molar-refractivity contribution in [3.05, 3.63) is 33.9 Å². The van der Waals surface area contributed by atoms with Gasteiger partial charge >= 0.3 is 0 Å². The number of anilines is 1. The van der Waals surface area contributed by atoms with Crippen LogP contribution in [0.5, 0.6) is 0 Å². The van der Waals surface area contributed by atoms with E-state index in [2.05, 4.69) is 11.8 Å². The molecule has 3 rings (SSSR count). The van der Waals surface area contributed by atoms with E-state index in [0.717, 1.165) is 31.2 Å². The largest absolute Gasteiger partial charge is 0.395 e. The van der Waals surface area contributed by atoms with Gasteiger partial charge in [-0.25, -0.2) is 0 Å². The molecule has 24 heavy (non-hydrogen) atoms. The molecule has 1 N–H and O–H groups in total. The van der Waals surface area contributed by atoms with E-state index in [0.29, 0.717) is 12.2 Å². The zero-order chi connectivity index (χ0) is 17.3. The molecule has 1 fully saturated rings. The van der Waals surface area contributed by atoms with Gasteiger partial charge in [0.15, 0.2) is 0 Å². The summed E-state index contributed by atoms with van der Waals surface area (Å²) in [6.07, 6.45) is 3.70. The molecule has 130 valence electrons. The fourth-order valence-electron chi connectivity index (χ4n) is 3.80. The molecule has 2 aliphatic heterocycles. The molecule has 1 aromatic rings. The van der Waals surface area contributed by atoms with Crippen LogP contribution in [0.15, 0.2) is 18.2 Å². The highest BCUT2D eigenvalue weighted by Gasteiger charge is 2.33. The third kappa shape index (κ3) is 3.14. The minimum absolute atomic E-state index is 0.00743. The van der Waals surface area contributed by atoms with Crippen LogP contribution in [-0.2, 0) is 11.2 Å². The number of carbonyl (C=O) groups is 1. The molecular formula is C17H23N3O4. The van der Waals surface area contributed by atoms with Crippen molar-refractivity contribution in [3.8, 4) is 0 Å². The number of aliphatic hydroxyl groups is 1. The lowest BCUT2D eigenvalue weighted by molar-refractivity contribution is -0.384. The number of piperidine rings is 1. The molecular weight excluding hydrogens is 310 g/mol. The van der Waals surface area contributed by atoms with Crippen molar-refractivity contribution in [2.75, 3.05) is 24.6 Å². The Bertz CT molecular complexity index is 649. The van der Waals surface area contributed by atoms with Gasteiger partial charge in [0.2, 0.25) is 5.91 Å². The molecule has 0 aromatic heterocycles. The van der Waals surface area contributed by atoms with E-state index < -0.39 is 4.92 Å². The van der Waals surface area contributed by atoms with Crippen molar-refractivity contribution in [2.24, 2.45) is 0 Å². The average molecular weight is 333 g/mol. The van der Waals surface area contributed by atoms with Crippen LogP contribution in [0.25, 0.3) is 0 Å². The fraction of sp³-hybridized carbons (Fsp3) is 0.588. The lowest BCUT2D eigenvalue weighted by Gasteiger charge is -2.40. The van der Waals surface area contributed by atoms with Gasteiger partial charge in [-0.05, 0) is 31.7 Å². The van der Waals surface area contributed by atoms with Gasteiger partial charge in [0.1, 0.15) is 0 Å². The summed E-state index contributed by atoms with van der Waals surface area (Å²) in [6.45, 7) is 2.94. The van der Waals surface area contributed by atoms with Crippen LogP contribution in [-0.4, -0.2) is 52.6 Å². The number of likely N-dealkylation sites (tertiary alicyclic amines) is 1. The Morgan fingerprint density at radius 1 is 1.42 bits per heavy atom. The standard InChI is InChI=1S/C17H23N3O4/c1-12-3-2-4-15(11-21)19(12)10-17(22)18-8-7-13-5-6-14(20(23)24)9-16(13)18/h5-6,9,12,15,21H,2-4,7-8,10-11H2,1H3. The van der Waals surface area contributed by atoms with Gasteiger partial charge in [-0.2, -0.15) is 0 Å². The number of benzene rings is 1. The number of fused-ring (bicyclic) bond motifs is 1. The van der Waals surface area contributed by atoms with Crippen molar-refractivity contribution < 1.29 is 14.8 Å². The molecule has 2 atom stereocenters. The Hall–Kier alpha value is -1.99. The molecule has 0 bridgehead atoms. The van der Waals surface area contributed by atoms with Gasteiger partial charge < -0.3 is 10.0 Å². The Kier molecular flexibility index (Phi) is 4.82. The average Bonchev–Trinajstić information content (AvgIpc) is 2.99. The first-order chi connectivity index (χ1) is 11.5. The van der Waals surface area contributed by atoms with Crippen LogP contribution >= 0.6 is 0 Å². The summed E-state index contributed by atoms with van der Waals surface area (Å²) >= 11 is 0. The Morgan fingerprint density at radius 2 is 2.21 bits per heavy atom. The van der Waals surface area contributed by atoms with Crippen LogP contribution in [0.3, 0.4) is 0 Å². The third-order valence-corrected chi connectivity index (χ3v) is 5.20. The number of rotatable bonds is 4. The molecule has 1 aromatic carbocycles. The minimum atomic E-state index is -0.435. The quantitative estimate of drug-likeness (QED) is 0.670. The van der Waals surface area contributed by atoms with E-state index in [1.165, 1.54) is 12.1 Å². The molecule has 0 spiro atoms. The third-order valence-electron chi connectivity index (χ3n) is 5.20. The maximum absolute atomic E-state index is 12.8. The first-order valence-corrected chi connectivity index (χ1v) is 8.45. The number of amides is 1. The summed E-state index contributed by atoms with van der Waals surface area (Å²) in [4.78, 5) is 27.1.